The van der Waals surface area contributed by atoms with Crippen LogP contribution >= 0.6 is 0 Å². The van der Waals surface area contributed by atoms with Crippen LogP contribution in [0, 0.1) is 0 Å². The quantitative estimate of drug-likeness (QED) is 0.818. The van der Waals surface area contributed by atoms with Crippen LogP contribution in [0.5, 0.6) is 0 Å². The molecule has 0 saturated heterocycles. The van der Waals surface area contributed by atoms with E-state index in [-0.39, 0.29) is 12.5 Å². The molecule has 0 aliphatic carbocycles. The van der Waals surface area contributed by atoms with Crippen LogP contribution in [0.15, 0.2) is 24.3 Å². The third kappa shape index (κ3) is 2.99. The van der Waals surface area contributed by atoms with Crippen molar-refractivity contribution in [3.8, 4) is 0 Å². The Kier molecular flexibility index (Phi) is 4.74. The molecule has 0 unspecified atom stereocenters. The van der Waals surface area contributed by atoms with Gasteiger partial charge in [-0.3, -0.25) is 9.48 Å². The molecule has 5 heteroatoms. The van der Waals surface area contributed by atoms with E-state index in [1.807, 2.05) is 31.3 Å². The zero-order valence-corrected chi connectivity index (χ0v) is 12.0. The smallest absolute Gasteiger partial charge is 0.274 e. The number of fused-ring (bicyclic) bond motifs is 1. The minimum absolute atomic E-state index is 0.0502. The van der Waals surface area contributed by atoms with Gasteiger partial charge in [0.2, 0.25) is 0 Å². The molecular formula is C15H21N3O2. The van der Waals surface area contributed by atoms with Gasteiger partial charge in [0.15, 0.2) is 5.69 Å². The highest BCUT2D eigenvalue weighted by Gasteiger charge is 2.18. The summed E-state index contributed by atoms with van der Waals surface area (Å²) in [6, 6.07) is 7.74. The van der Waals surface area contributed by atoms with E-state index < -0.39 is 0 Å². The fourth-order valence-corrected chi connectivity index (χ4v) is 2.29. The molecule has 0 fully saturated rings. The number of carbonyl (C=O) groups is 1. The average molecular weight is 275 g/mol. The number of nitrogens with zero attached hydrogens (tertiary/aromatic N) is 3. The van der Waals surface area contributed by atoms with Crippen molar-refractivity contribution in [3.05, 3.63) is 30.0 Å². The predicted molar refractivity (Wildman–Crippen MR) is 78.6 cm³/mol. The van der Waals surface area contributed by atoms with E-state index >= 15 is 0 Å². The molecule has 20 heavy (non-hydrogen) atoms. The molecule has 0 saturated carbocycles. The van der Waals surface area contributed by atoms with Gasteiger partial charge in [0.1, 0.15) is 0 Å². The molecule has 1 aromatic carbocycles. The Morgan fingerprint density at radius 3 is 2.80 bits per heavy atom. The molecule has 0 spiro atoms. The minimum atomic E-state index is -0.0502. The van der Waals surface area contributed by atoms with Gasteiger partial charge in [-0.2, -0.15) is 5.10 Å². The van der Waals surface area contributed by atoms with Crippen molar-refractivity contribution in [2.24, 2.45) is 7.05 Å². The van der Waals surface area contributed by atoms with Gasteiger partial charge in [-0.15, -0.1) is 0 Å². The van der Waals surface area contributed by atoms with Crippen molar-refractivity contribution in [1.82, 2.24) is 14.7 Å². The monoisotopic (exact) mass is 275 g/mol. The standard InChI is InChI=1S/C15H21N3O2/c1-17(10-6-3-7-11-19)15(20)14-12-8-4-5-9-13(12)18(2)16-14/h4-5,8-9,19H,3,6-7,10-11H2,1-2H3. The van der Waals surface area contributed by atoms with E-state index in [1.54, 1.807) is 16.6 Å². The van der Waals surface area contributed by atoms with Crippen LogP contribution in [-0.4, -0.2) is 45.9 Å². The SMILES string of the molecule is CN(CCCCCO)C(=O)c1nn(C)c2ccccc12. The lowest BCUT2D eigenvalue weighted by Gasteiger charge is -2.15. The highest BCUT2D eigenvalue weighted by Crippen LogP contribution is 2.18. The molecule has 1 heterocycles. The number of benzene rings is 1. The third-order valence-corrected chi connectivity index (χ3v) is 3.46. The van der Waals surface area contributed by atoms with Crippen LogP contribution in [-0.2, 0) is 7.05 Å². The Balaban J connectivity index is 2.11. The van der Waals surface area contributed by atoms with Crippen molar-refractivity contribution in [1.29, 1.82) is 0 Å². The maximum absolute atomic E-state index is 12.4. The minimum Gasteiger partial charge on any atom is -0.396 e. The summed E-state index contributed by atoms with van der Waals surface area (Å²) in [5.74, 6) is -0.0502. The number of rotatable bonds is 6. The second-order valence-electron chi connectivity index (χ2n) is 5.00. The Morgan fingerprint density at radius 1 is 1.30 bits per heavy atom. The summed E-state index contributed by atoms with van der Waals surface area (Å²) in [5, 5.41) is 14.0. The fourth-order valence-electron chi connectivity index (χ4n) is 2.29. The van der Waals surface area contributed by atoms with Crippen LogP contribution < -0.4 is 0 Å². The highest BCUT2D eigenvalue weighted by atomic mass is 16.2. The fraction of sp³-hybridized carbons (Fsp3) is 0.467. The molecule has 0 radical (unpaired) electrons. The molecule has 0 bridgehead atoms. The summed E-state index contributed by atoms with van der Waals surface area (Å²) in [6.45, 7) is 0.895. The van der Waals surface area contributed by atoms with Crippen molar-refractivity contribution in [3.63, 3.8) is 0 Å². The number of unbranched alkanes of at least 4 members (excludes halogenated alkanes) is 2. The molecular weight excluding hydrogens is 254 g/mol. The lowest BCUT2D eigenvalue weighted by Crippen LogP contribution is -2.28. The summed E-state index contributed by atoms with van der Waals surface area (Å²) in [4.78, 5) is 14.1. The van der Waals surface area contributed by atoms with E-state index in [0.29, 0.717) is 12.2 Å². The van der Waals surface area contributed by atoms with Crippen molar-refractivity contribution in [2.75, 3.05) is 20.2 Å². The van der Waals surface area contributed by atoms with Gasteiger partial charge < -0.3 is 10.0 Å². The molecule has 1 N–H and O–H groups in total. The van der Waals surface area contributed by atoms with Gasteiger partial charge >= 0.3 is 0 Å². The van der Waals surface area contributed by atoms with E-state index in [0.717, 1.165) is 30.2 Å². The predicted octanol–water partition coefficient (Wildman–Crippen LogP) is 1.81. The molecule has 1 aromatic heterocycles. The number of aryl methyl sites for hydroxylation is 1. The number of aliphatic hydroxyl groups excluding tert-OH is 1. The molecule has 108 valence electrons. The number of aromatic nitrogens is 2. The Hall–Kier alpha value is -1.88. The van der Waals surface area contributed by atoms with E-state index in [1.165, 1.54) is 0 Å². The molecule has 0 aliphatic rings. The van der Waals surface area contributed by atoms with Gasteiger partial charge in [0, 0.05) is 32.6 Å². The average Bonchev–Trinajstić information content (AvgIpc) is 2.80. The zero-order chi connectivity index (χ0) is 14.5. The summed E-state index contributed by atoms with van der Waals surface area (Å²) >= 11 is 0. The van der Waals surface area contributed by atoms with E-state index in [4.69, 9.17) is 5.11 Å². The highest BCUT2D eigenvalue weighted by molar-refractivity contribution is 6.04. The number of para-hydroxylation sites is 1. The number of hydrogen-bond donors (Lipinski definition) is 1. The summed E-state index contributed by atoms with van der Waals surface area (Å²) in [7, 11) is 3.64. The van der Waals surface area contributed by atoms with Gasteiger partial charge in [-0.25, -0.2) is 0 Å². The Labute approximate surface area is 118 Å². The molecule has 2 aromatic rings. The van der Waals surface area contributed by atoms with Crippen LogP contribution in [0.3, 0.4) is 0 Å². The van der Waals surface area contributed by atoms with Gasteiger partial charge in [0.05, 0.1) is 5.52 Å². The topological polar surface area (TPSA) is 58.4 Å². The first-order valence-corrected chi connectivity index (χ1v) is 6.93. The van der Waals surface area contributed by atoms with Gasteiger partial charge in [-0.05, 0) is 25.3 Å². The molecule has 0 aliphatic heterocycles. The zero-order valence-electron chi connectivity index (χ0n) is 12.0. The largest absolute Gasteiger partial charge is 0.396 e. The van der Waals surface area contributed by atoms with Crippen molar-refractivity contribution < 1.29 is 9.90 Å². The molecule has 5 nitrogen and oxygen atoms in total. The molecule has 0 atom stereocenters. The first kappa shape index (κ1) is 14.5. The first-order chi connectivity index (χ1) is 9.65. The Bertz CT molecular complexity index is 592. The van der Waals surface area contributed by atoms with Crippen molar-refractivity contribution >= 4 is 16.8 Å². The first-order valence-electron chi connectivity index (χ1n) is 6.93. The summed E-state index contributed by atoms with van der Waals surface area (Å²) in [6.07, 6.45) is 2.61. The van der Waals surface area contributed by atoms with Crippen LogP contribution in [0.1, 0.15) is 29.8 Å². The maximum atomic E-state index is 12.4. The molecule has 2 rings (SSSR count). The second-order valence-corrected chi connectivity index (χ2v) is 5.00. The van der Waals surface area contributed by atoms with Gasteiger partial charge in [0.25, 0.3) is 5.91 Å². The van der Waals surface area contributed by atoms with Crippen LogP contribution in [0.4, 0.5) is 0 Å². The lowest BCUT2D eigenvalue weighted by molar-refractivity contribution is 0.0787. The number of amides is 1. The number of carbonyl (C=O) groups excluding carboxylic acids is 1. The normalized spacial score (nSPS) is 10.9. The van der Waals surface area contributed by atoms with E-state index in [9.17, 15) is 4.79 Å². The summed E-state index contributed by atoms with van der Waals surface area (Å²) in [5.41, 5.74) is 1.47. The van der Waals surface area contributed by atoms with Crippen LogP contribution in [0.25, 0.3) is 10.9 Å². The van der Waals surface area contributed by atoms with E-state index in [2.05, 4.69) is 5.10 Å². The second kappa shape index (κ2) is 6.52. The van der Waals surface area contributed by atoms with Gasteiger partial charge in [-0.1, -0.05) is 18.2 Å². The third-order valence-electron chi connectivity index (χ3n) is 3.46. The van der Waals surface area contributed by atoms with Crippen LogP contribution in [0.2, 0.25) is 0 Å². The number of aliphatic hydroxyl groups is 1. The summed E-state index contributed by atoms with van der Waals surface area (Å²) < 4.78 is 1.74. The maximum Gasteiger partial charge on any atom is 0.274 e. The number of hydrogen-bond acceptors (Lipinski definition) is 3. The van der Waals surface area contributed by atoms with Crippen molar-refractivity contribution in [2.45, 2.75) is 19.3 Å². The molecule has 1 amide bonds. The Morgan fingerprint density at radius 2 is 2.05 bits per heavy atom. The lowest BCUT2D eigenvalue weighted by atomic mass is 10.2.